The summed E-state index contributed by atoms with van der Waals surface area (Å²) in [6, 6.07) is 2.90. The van der Waals surface area contributed by atoms with Crippen LogP contribution in [-0.4, -0.2) is 32.9 Å². The summed E-state index contributed by atoms with van der Waals surface area (Å²) in [7, 11) is -2.24. The summed E-state index contributed by atoms with van der Waals surface area (Å²) in [4.78, 5) is 11.7. The van der Waals surface area contributed by atoms with Crippen molar-refractivity contribution in [3.63, 3.8) is 0 Å². The maximum atomic E-state index is 11.9. The van der Waals surface area contributed by atoms with Crippen molar-refractivity contribution in [1.29, 1.82) is 0 Å². The van der Waals surface area contributed by atoms with Gasteiger partial charge in [0.15, 0.2) is 15.6 Å². The highest BCUT2D eigenvalue weighted by molar-refractivity contribution is 7.90. The molecule has 0 saturated heterocycles. The second-order valence-corrected chi connectivity index (χ2v) is 7.75. The fraction of sp³-hybridized carbons (Fsp3) is 0.500. The first-order chi connectivity index (χ1) is 9.72. The summed E-state index contributed by atoms with van der Waals surface area (Å²) in [5, 5.41) is 9.72. The molecule has 1 aromatic rings. The molecule has 1 aromatic carbocycles. The Kier molecular flexibility index (Phi) is 4.22. The molecule has 0 aliphatic heterocycles. The summed E-state index contributed by atoms with van der Waals surface area (Å²) in [6.07, 6.45) is 3.60. The first kappa shape index (κ1) is 16.1. The average molecular weight is 333 g/mol. The fourth-order valence-electron chi connectivity index (χ4n) is 2.92. The molecule has 5 nitrogen and oxygen atoms in total. The number of halogens is 1. The Morgan fingerprint density at radius 3 is 2.33 bits per heavy atom. The van der Waals surface area contributed by atoms with Crippen LogP contribution in [-0.2, 0) is 20.0 Å². The number of aliphatic carboxylic acids is 1. The standard InChI is InChI=1S/C14H17ClO5S/c1-20-12-10(15)7-9(8-11(12)21(2,18)19)14(13(16)17)5-3-4-6-14/h7-8H,3-6H2,1-2H3,(H,16,17). The van der Waals surface area contributed by atoms with Gasteiger partial charge in [0.05, 0.1) is 17.5 Å². The molecule has 1 aliphatic carbocycles. The van der Waals surface area contributed by atoms with Crippen LogP contribution in [0.4, 0.5) is 0 Å². The molecule has 2 rings (SSSR count). The van der Waals surface area contributed by atoms with Crippen LogP contribution in [0.2, 0.25) is 5.02 Å². The van der Waals surface area contributed by atoms with Gasteiger partial charge in [-0.25, -0.2) is 8.42 Å². The van der Waals surface area contributed by atoms with Gasteiger partial charge in [0.25, 0.3) is 0 Å². The van der Waals surface area contributed by atoms with Crippen molar-refractivity contribution in [2.24, 2.45) is 0 Å². The number of carboxylic acids is 1. The molecule has 0 bridgehead atoms. The Balaban J connectivity index is 2.72. The molecule has 0 aromatic heterocycles. The van der Waals surface area contributed by atoms with E-state index in [0.29, 0.717) is 18.4 Å². The third kappa shape index (κ3) is 2.74. The third-order valence-corrected chi connectivity index (χ3v) is 5.42. The molecule has 0 spiro atoms. The zero-order valence-corrected chi connectivity index (χ0v) is 13.4. The molecule has 1 N–H and O–H groups in total. The van der Waals surface area contributed by atoms with E-state index in [1.54, 1.807) is 0 Å². The van der Waals surface area contributed by atoms with Crippen LogP contribution >= 0.6 is 11.6 Å². The number of methoxy groups -OCH3 is 1. The molecule has 7 heteroatoms. The molecule has 0 unspecified atom stereocenters. The lowest BCUT2D eigenvalue weighted by atomic mass is 9.79. The molecule has 1 aliphatic rings. The van der Waals surface area contributed by atoms with Crippen molar-refractivity contribution < 1.29 is 23.1 Å². The smallest absolute Gasteiger partial charge is 0.314 e. The fourth-order valence-corrected chi connectivity index (χ4v) is 4.15. The van der Waals surface area contributed by atoms with E-state index >= 15 is 0 Å². The minimum Gasteiger partial charge on any atom is -0.494 e. The van der Waals surface area contributed by atoms with Crippen LogP contribution in [0.1, 0.15) is 31.2 Å². The number of hydrogen-bond donors (Lipinski definition) is 1. The Hall–Kier alpha value is -1.27. The van der Waals surface area contributed by atoms with E-state index in [1.165, 1.54) is 19.2 Å². The monoisotopic (exact) mass is 332 g/mol. The maximum Gasteiger partial charge on any atom is 0.314 e. The van der Waals surface area contributed by atoms with E-state index < -0.39 is 21.2 Å². The predicted molar refractivity (Wildman–Crippen MR) is 78.9 cm³/mol. The van der Waals surface area contributed by atoms with Crippen LogP contribution in [0.25, 0.3) is 0 Å². The largest absolute Gasteiger partial charge is 0.494 e. The van der Waals surface area contributed by atoms with Crippen LogP contribution in [0.5, 0.6) is 5.75 Å². The second-order valence-electron chi connectivity index (χ2n) is 5.36. The van der Waals surface area contributed by atoms with Crippen molar-refractivity contribution in [3.8, 4) is 5.75 Å². The van der Waals surface area contributed by atoms with Gasteiger partial charge in [-0.15, -0.1) is 0 Å². The van der Waals surface area contributed by atoms with Gasteiger partial charge in [-0.05, 0) is 30.5 Å². The van der Waals surface area contributed by atoms with Gasteiger partial charge in [-0.3, -0.25) is 4.79 Å². The molecule has 21 heavy (non-hydrogen) atoms. The topological polar surface area (TPSA) is 80.7 Å². The minimum absolute atomic E-state index is 0.0569. The van der Waals surface area contributed by atoms with Crippen LogP contribution in [0.3, 0.4) is 0 Å². The SMILES string of the molecule is COc1c(Cl)cc(C2(C(=O)O)CCCC2)cc1S(C)(=O)=O. The van der Waals surface area contributed by atoms with Crippen LogP contribution in [0.15, 0.2) is 17.0 Å². The Bertz CT molecular complexity index is 675. The van der Waals surface area contributed by atoms with Gasteiger partial charge < -0.3 is 9.84 Å². The summed E-state index contributed by atoms with van der Waals surface area (Å²) >= 11 is 6.10. The van der Waals surface area contributed by atoms with Crippen molar-refractivity contribution in [1.82, 2.24) is 0 Å². The Labute approximate surface area is 128 Å². The summed E-state index contributed by atoms with van der Waals surface area (Å²) in [6.45, 7) is 0. The van der Waals surface area contributed by atoms with Crippen LogP contribution < -0.4 is 4.74 Å². The number of hydrogen-bond acceptors (Lipinski definition) is 4. The van der Waals surface area contributed by atoms with E-state index in [0.717, 1.165) is 19.1 Å². The van der Waals surface area contributed by atoms with Crippen molar-refractivity contribution in [2.75, 3.05) is 13.4 Å². The highest BCUT2D eigenvalue weighted by atomic mass is 35.5. The van der Waals surface area contributed by atoms with Crippen LogP contribution in [0, 0.1) is 0 Å². The first-order valence-electron chi connectivity index (χ1n) is 6.54. The Morgan fingerprint density at radius 2 is 1.90 bits per heavy atom. The molecule has 1 fully saturated rings. The lowest BCUT2D eigenvalue weighted by Crippen LogP contribution is -2.32. The predicted octanol–water partition coefficient (Wildman–Crippen LogP) is 2.65. The molecule has 0 radical (unpaired) electrons. The van der Waals surface area contributed by atoms with E-state index in [1.807, 2.05) is 0 Å². The lowest BCUT2D eigenvalue weighted by molar-refractivity contribution is -0.143. The maximum absolute atomic E-state index is 11.9. The van der Waals surface area contributed by atoms with Gasteiger partial charge in [-0.2, -0.15) is 0 Å². The van der Waals surface area contributed by atoms with E-state index in [2.05, 4.69) is 0 Å². The second kappa shape index (κ2) is 5.50. The third-order valence-electron chi connectivity index (χ3n) is 4.03. The molecule has 0 atom stereocenters. The normalized spacial score (nSPS) is 17.7. The van der Waals surface area contributed by atoms with Crippen molar-refractivity contribution in [3.05, 3.63) is 22.7 Å². The van der Waals surface area contributed by atoms with Crippen molar-refractivity contribution in [2.45, 2.75) is 36.0 Å². The molecule has 1 saturated carbocycles. The molecule has 0 heterocycles. The van der Waals surface area contributed by atoms with Gasteiger partial charge in [0.1, 0.15) is 4.90 Å². The Morgan fingerprint density at radius 1 is 1.33 bits per heavy atom. The molecule has 0 amide bonds. The molecular weight excluding hydrogens is 316 g/mol. The van der Waals surface area contributed by atoms with Crippen molar-refractivity contribution >= 4 is 27.4 Å². The number of benzene rings is 1. The number of rotatable bonds is 4. The van der Waals surface area contributed by atoms with Gasteiger partial charge in [-0.1, -0.05) is 24.4 Å². The highest BCUT2D eigenvalue weighted by Crippen LogP contribution is 2.45. The van der Waals surface area contributed by atoms with E-state index in [-0.39, 0.29) is 15.7 Å². The lowest BCUT2D eigenvalue weighted by Gasteiger charge is -2.25. The zero-order valence-electron chi connectivity index (χ0n) is 11.8. The number of sulfone groups is 1. The quantitative estimate of drug-likeness (QED) is 0.916. The van der Waals surface area contributed by atoms with Gasteiger partial charge >= 0.3 is 5.97 Å². The number of carbonyl (C=O) groups is 1. The number of carboxylic acid groups (broad SMARTS) is 1. The van der Waals surface area contributed by atoms with Gasteiger partial charge in [0.2, 0.25) is 0 Å². The average Bonchev–Trinajstić information content (AvgIpc) is 2.87. The summed E-state index contributed by atoms with van der Waals surface area (Å²) < 4.78 is 28.9. The highest BCUT2D eigenvalue weighted by Gasteiger charge is 2.44. The molecular formula is C14H17ClO5S. The minimum atomic E-state index is -3.57. The summed E-state index contributed by atoms with van der Waals surface area (Å²) in [5.74, 6) is -0.887. The molecule has 116 valence electrons. The van der Waals surface area contributed by atoms with E-state index in [4.69, 9.17) is 16.3 Å². The first-order valence-corrected chi connectivity index (χ1v) is 8.81. The zero-order chi connectivity index (χ0) is 15.8. The number of ether oxygens (including phenoxy) is 1. The van der Waals surface area contributed by atoms with E-state index in [9.17, 15) is 18.3 Å². The summed E-state index contributed by atoms with van der Waals surface area (Å²) in [5.41, 5.74) is -0.631. The van der Waals surface area contributed by atoms with Gasteiger partial charge in [0, 0.05) is 6.26 Å².